The summed E-state index contributed by atoms with van der Waals surface area (Å²) in [5, 5.41) is 0.339. The second-order valence-electron chi connectivity index (χ2n) is 8.31. The molecule has 1 aliphatic heterocycles. The van der Waals surface area contributed by atoms with Crippen molar-refractivity contribution in [3.8, 4) is 11.4 Å². The monoisotopic (exact) mass is 413 g/mol. The van der Waals surface area contributed by atoms with Crippen molar-refractivity contribution in [1.82, 2.24) is 24.8 Å². The number of hydrogen-bond acceptors (Lipinski definition) is 5. The molecule has 4 rings (SSSR count). The average Bonchev–Trinajstić information content (AvgIpc) is 3.13. The van der Waals surface area contributed by atoms with Gasteiger partial charge in [0, 0.05) is 18.7 Å². The number of carbonyl (C=O) groups excluding carboxylic acids is 1. The first kappa shape index (κ1) is 19.6. The molecule has 1 fully saturated rings. The quantitative estimate of drug-likeness (QED) is 0.610. The Morgan fingerprint density at radius 2 is 1.86 bits per heavy atom. The summed E-state index contributed by atoms with van der Waals surface area (Å²) >= 11 is 6.08. The van der Waals surface area contributed by atoms with Crippen molar-refractivity contribution in [1.29, 1.82) is 0 Å². The summed E-state index contributed by atoms with van der Waals surface area (Å²) < 4.78 is 5.47. The second-order valence-corrected chi connectivity index (χ2v) is 8.67. The number of likely N-dealkylation sites (tertiary alicyclic amines) is 1. The third-order valence-electron chi connectivity index (χ3n) is 5.04. The summed E-state index contributed by atoms with van der Waals surface area (Å²) in [6, 6.07) is 8.36. The molecule has 3 heterocycles. The van der Waals surface area contributed by atoms with Crippen LogP contribution in [-0.2, 0) is 4.74 Å². The molecule has 2 aromatic heterocycles. The van der Waals surface area contributed by atoms with Gasteiger partial charge >= 0.3 is 6.09 Å². The standard InChI is InChI=1S/C21H24ClN5O2/c1-21(2,3)29-20(28)27-10-8-14(9-11-27)13-4-6-15(7-5-13)18-25-16-17(22)23-12-24-19(16)26-18/h4-7,12,14H,8-11H2,1-3H3,(H,23,24,25,26). The van der Waals surface area contributed by atoms with Crippen LogP contribution >= 0.6 is 11.6 Å². The first-order valence-corrected chi connectivity index (χ1v) is 10.1. The minimum Gasteiger partial charge on any atom is -0.444 e. The molecule has 3 aromatic rings. The van der Waals surface area contributed by atoms with E-state index in [1.165, 1.54) is 11.9 Å². The maximum absolute atomic E-state index is 12.2. The van der Waals surface area contributed by atoms with E-state index in [0.29, 0.717) is 41.1 Å². The summed E-state index contributed by atoms with van der Waals surface area (Å²) in [4.78, 5) is 29.9. The van der Waals surface area contributed by atoms with Crippen LogP contribution in [0.4, 0.5) is 4.79 Å². The molecule has 8 heteroatoms. The Balaban J connectivity index is 1.42. The van der Waals surface area contributed by atoms with Gasteiger partial charge < -0.3 is 14.6 Å². The van der Waals surface area contributed by atoms with Gasteiger partial charge in [0.25, 0.3) is 0 Å². The topological polar surface area (TPSA) is 84.0 Å². The van der Waals surface area contributed by atoms with Gasteiger partial charge in [-0.2, -0.15) is 0 Å². The third kappa shape index (κ3) is 4.34. The summed E-state index contributed by atoms with van der Waals surface area (Å²) in [5.74, 6) is 1.15. The van der Waals surface area contributed by atoms with E-state index in [9.17, 15) is 4.79 Å². The molecular formula is C21H24ClN5O2. The van der Waals surface area contributed by atoms with Crippen LogP contribution < -0.4 is 0 Å². The number of halogens is 1. The van der Waals surface area contributed by atoms with Crippen molar-refractivity contribution in [2.24, 2.45) is 0 Å². The van der Waals surface area contributed by atoms with Crippen molar-refractivity contribution in [2.75, 3.05) is 13.1 Å². The molecule has 1 amide bonds. The van der Waals surface area contributed by atoms with E-state index in [-0.39, 0.29) is 6.09 Å². The van der Waals surface area contributed by atoms with Crippen molar-refractivity contribution in [2.45, 2.75) is 45.1 Å². The Kier molecular flexibility index (Phi) is 5.17. The van der Waals surface area contributed by atoms with Crippen molar-refractivity contribution < 1.29 is 9.53 Å². The fourth-order valence-corrected chi connectivity index (χ4v) is 3.75. The van der Waals surface area contributed by atoms with E-state index in [2.05, 4.69) is 44.2 Å². The number of ether oxygens (including phenoxy) is 1. The molecule has 1 saturated heterocycles. The van der Waals surface area contributed by atoms with Crippen LogP contribution in [0.1, 0.15) is 45.1 Å². The molecule has 0 saturated carbocycles. The zero-order valence-electron chi connectivity index (χ0n) is 16.8. The fourth-order valence-electron chi connectivity index (χ4n) is 3.57. The number of aromatic nitrogens is 4. The summed E-state index contributed by atoms with van der Waals surface area (Å²) in [5.41, 5.74) is 2.97. The maximum Gasteiger partial charge on any atom is 0.410 e. The van der Waals surface area contributed by atoms with Gasteiger partial charge in [0.2, 0.25) is 0 Å². The second kappa shape index (κ2) is 7.63. The molecule has 0 aliphatic carbocycles. The van der Waals surface area contributed by atoms with Gasteiger partial charge in [0.05, 0.1) is 0 Å². The van der Waals surface area contributed by atoms with Crippen molar-refractivity contribution in [3.63, 3.8) is 0 Å². The molecule has 0 radical (unpaired) electrons. The van der Waals surface area contributed by atoms with E-state index in [1.807, 2.05) is 20.8 Å². The van der Waals surface area contributed by atoms with E-state index < -0.39 is 5.60 Å². The van der Waals surface area contributed by atoms with Crippen LogP contribution in [0.3, 0.4) is 0 Å². The van der Waals surface area contributed by atoms with Gasteiger partial charge in [-0.1, -0.05) is 35.9 Å². The Morgan fingerprint density at radius 1 is 1.17 bits per heavy atom. The van der Waals surface area contributed by atoms with E-state index in [1.54, 1.807) is 4.90 Å². The minimum absolute atomic E-state index is 0.224. The number of piperidine rings is 1. The highest BCUT2D eigenvalue weighted by Gasteiger charge is 2.27. The van der Waals surface area contributed by atoms with Crippen LogP contribution in [0.25, 0.3) is 22.6 Å². The van der Waals surface area contributed by atoms with E-state index in [0.717, 1.165) is 18.4 Å². The van der Waals surface area contributed by atoms with Gasteiger partial charge in [-0.3, -0.25) is 0 Å². The average molecular weight is 414 g/mol. The van der Waals surface area contributed by atoms with Gasteiger partial charge in [-0.05, 0) is 45.1 Å². The summed E-state index contributed by atoms with van der Waals surface area (Å²) in [6.07, 6.45) is 3.04. The molecule has 7 nitrogen and oxygen atoms in total. The number of nitrogens with one attached hydrogen (secondary N) is 1. The lowest BCUT2D eigenvalue weighted by Crippen LogP contribution is -2.41. The number of rotatable bonds is 2. The zero-order valence-corrected chi connectivity index (χ0v) is 17.5. The van der Waals surface area contributed by atoms with Crippen LogP contribution in [0.15, 0.2) is 30.6 Å². The van der Waals surface area contributed by atoms with E-state index >= 15 is 0 Å². The lowest BCUT2D eigenvalue weighted by Gasteiger charge is -2.33. The van der Waals surface area contributed by atoms with Gasteiger partial charge in [0.1, 0.15) is 23.3 Å². The lowest BCUT2D eigenvalue weighted by atomic mass is 9.89. The summed E-state index contributed by atoms with van der Waals surface area (Å²) in [6.45, 7) is 7.09. The highest BCUT2D eigenvalue weighted by atomic mass is 35.5. The normalized spacial score (nSPS) is 15.7. The van der Waals surface area contributed by atoms with Crippen LogP contribution in [-0.4, -0.2) is 49.6 Å². The fraction of sp³-hybridized carbons (Fsp3) is 0.429. The molecule has 0 bridgehead atoms. The molecule has 0 unspecified atom stereocenters. The van der Waals surface area contributed by atoms with Gasteiger partial charge in [-0.15, -0.1) is 0 Å². The number of fused-ring (bicyclic) bond motifs is 1. The van der Waals surface area contributed by atoms with Crippen molar-refractivity contribution >= 4 is 28.9 Å². The number of hydrogen-bond donors (Lipinski definition) is 1. The Hall–Kier alpha value is -2.67. The first-order chi connectivity index (χ1) is 13.8. The minimum atomic E-state index is -0.462. The Labute approximate surface area is 174 Å². The van der Waals surface area contributed by atoms with Crippen LogP contribution in [0.5, 0.6) is 0 Å². The largest absolute Gasteiger partial charge is 0.444 e. The highest BCUT2D eigenvalue weighted by Crippen LogP contribution is 2.30. The molecular weight excluding hydrogens is 390 g/mol. The lowest BCUT2D eigenvalue weighted by molar-refractivity contribution is 0.0205. The smallest absolute Gasteiger partial charge is 0.410 e. The Bertz CT molecular complexity index is 1020. The maximum atomic E-state index is 12.2. The number of H-pyrrole nitrogens is 1. The molecule has 0 spiro atoms. The number of carbonyl (C=O) groups is 1. The molecule has 1 N–H and O–H groups in total. The number of nitrogens with zero attached hydrogens (tertiary/aromatic N) is 4. The highest BCUT2D eigenvalue weighted by molar-refractivity contribution is 6.33. The first-order valence-electron chi connectivity index (χ1n) is 9.74. The molecule has 0 atom stereocenters. The number of aromatic amines is 1. The third-order valence-corrected chi connectivity index (χ3v) is 5.32. The van der Waals surface area contributed by atoms with E-state index in [4.69, 9.17) is 16.3 Å². The molecule has 152 valence electrons. The summed E-state index contributed by atoms with van der Waals surface area (Å²) in [7, 11) is 0. The predicted molar refractivity (Wildman–Crippen MR) is 112 cm³/mol. The number of imidazole rings is 1. The molecule has 29 heavy (non-hydrogen) atoms. The molecule has 1 aliphatic rings. The van der Waals surface area contributed by atoms with Gasteiger partial charge in [-0.25, -0.2) is 19.7 Å². The SMILES string of the molecule is CC(C)(C)OC(=O)N1CCC(c2ccc(-c3nc4c(Cl)ncnc4[nH]3)cc2)CC1. The molecule has 1 aromatic carbocycles. The van der Waals surface area contributed by atoms with Crippen molar-refractivity contribution in [3.05, 3.63) is 41.3 Å². The van der Waals surface area contributed by atoms with Crippen LogP contribution in [0.2, 0.25) is 5.15 Å². The van der Waals surface area contributed by atoms with Crippen LogP contribution in [0, 0.1) is 0 Å². The zero-order chi connectivity index (χ0) is 20.6. The Morgan fingerprint density at radius 3 is 2.48 bits per heavy atom. The number of amides is 1. The van der Waals surface area contributed by atoms with Gasteiger partial charge in [0.15, 0.2) is 10.8 Å². The predicted octanol–water partition coefficient (Wildman–Crippen LogP) is 4.79. The number of benzene rings is 1.